The Morgan fingerprint density at radius 1 is 0.812 bits per heavy atom. The van der Waals surface area contributed by atoms with Gasteiger partial charge in [0.25, 0.3) is 0 Å². The zero-order chi connectivity index (χ0) is 22.8. The maximum absolute atomic E-state index is 5.66. The molecule has 1 aliphatic rings. The topological polar surface area (TPSA) is 48.6 Å². The fourth-order valence-corrected chi connectivity index (χ4v) is 4.40. The van der Waals surface area contributed by atoms with Gasteiger partial charge in [-0.25, -0.2) is 0 Å². The third-order valence-electron chi connectivity index (χ3n) is 6.47. The van der Waals surface area contributed by atoms with Gasteiger partial charge >= 0.3 is 0 Å². The zero-order valence-corrected chi connectivity index (χ0v) is 20.5. The van der Waals surface area contributed by atoms with Gasteiger partial charge in [-0.2, -0.15) is 0 Å². The van der Waals surface area contributed by atoms with Crippen LogP contribution >= 0.6 is 0 Å². The van der Waals surface area contributed by atoms with Gasteiger partial charge in [0.2, 0.25) is 0 Å². The van der Waals surface area contributed by atoms with Crippen LogP contribution in [0.5, 0.6) is 0 Å². The quantitative estimate of drug-likeness (QED) is 0.580. The van der Waals surface area contributed by atoms with Crippen molar-refractivity contribution in [3.63, 3.8) is 0 Å². The van der Waals surface area contributed by atoms with Crippen LogP contribution in [0.25, 0.3) is 0 Å². The average molecular weight is 438 g/mol. The molecule has 1 aromatic carbocycles. The Morgan fingerprint density at radius 3 is 1.88 bits per heavy atom. The molecule has 176 valence electrons. The summed E-state index contributed by atoms with van der Waals surface area (Å²) in [7, 11) is 0. The van der Waals surface area contributed by atoms with Gasteiger partial charge in [0.1, 0.15) is 0 Å². The van der Waals surface area contributed by atoms with Crippen LogP contribution in [0.1, 0.15) is 50.3 Å². The summed E-state index contributed by atoms with van der Waals surface area (Å²) >= 11 is 0. The van der Waals surface area contributed by atoms with Gasteiger partial charge < -0.3 is 15.5 Å². The molecule has 0 aliphatic carbocycles. The molecule has 2 heterocycles. The third-order valence-corrected chi connectivity index (χ3v) is 6.47. The first kappa shape index (κ1) is 24.8. The molecular formula is C27H43N5. The van der Waals surface area contributed by atoms with Crippen LogP contribution in [-0.4, -0.2) is 72.0 Å². The van der Waals surface area contributed by atoms with Gasteiger partial charge in [-0.1, -0.05) is 45.0 Å². The van der Waals surface area contributed by atoms with Crippen LogP contribution in [0.15, 0.2) is 48.8 Å². The minimum Gasteiger partial charge on any atom is -0.330 e. The van der Waals surface area contributed by atoms with Gasteiger partial charge in [0.15, 0.2) is 0 Å². The number of pyridine rings is 1. The zero-order valence-electron chi connectivity index (χ0n) is 20.5. The van der Waals surface area contributed by atoms with E-state index in [1.807, 2.05) is 12.4 Å². The molecule has 32 heavy (non-hydrogen) atoms. The molecule has 0 atom stereocenters. The Hall–Kier alpha value is -1.79. The summed E-state index contributed by atoms with van der Waals surface area (Å²) in [6.07, 6.45) is 6.11. The molecule has 3 rings (SSSR count). The number of piperazine rings is 1. The molecular weight excluding hydrogens is 394 g/mol. The van der Waals surface area contributed by atoms with Crippen molar-refractivity contribution in [2.45, 2.75) is 52.1 Å². The highest BCUT2D eigenvalue weighted by atomic mass is 15.3. The van der Waals surface area contributed by atoms with Gasteiger partial charge in [0.05, 0.1) is 0 Å². The highest BCUT2D eigenvalue weighted by Gasteiger charge is 2.17. The van der Waals surface area contributed by atoms with Crippen LogP contribution in [-0.2, 0) is 18.5 Å². The average Bonchev–Trinajstić information content (AvgIpc) is 2.79. The van der Waals surface area contributed by atoms with Crippen LogP contribution in [0.4, 0.5) is 0 Å². The van der Waals surface area contributed by atoms with Crippen molar-refractivity contribution in [3.05, 3.63) is 65.5 Å². The summed E-state index contributed by atoms with van der Waals surface area (Å²) in [5.41, 5.74) is 9.97. The Kier molecular flexibility index (Phi) is 9.67. The maximum atomic E-state index is 5.66. The molecule has 5 nitrogen and oxygen atoms in total. The van der Waals surface area contributed by atoms with Crippen molar-refractivity contribution in [1.29, 1.82) is 0 Å². The summed E-state index contributed by atoms with van der Waals surface area (Å²) < 4.78 is 0. The molecule has 0 bridgehead atoms. The molecule has 0 amide bonds. The van der Waals surface area contributed by atoms with Crippen LogP contribution in [0.3, 0.4) is 0 Å². The number of hydrogen-bond donors (Lipinski definition) is 1. The lowest BCUT2D eigenvalue weighted by molar-refractivity contribution is 0.125. The van der Waals surface area contributed by atoms with E-state index in [2.05, 4.69) is 76.9 Å². The first-order valence-electron chi connectivity index (χ1n) is 12.3. The number of nitrogens with two attached hydrogens (primary N) is 1. The van der Waals surface area contributed by atoms with E-state index >= 15 is 0 Å². The highest BCUT2D eigenvalue weighted by Crippen LogP contribution is 2.23. The van der Waals surface area contributed by atoms with Crippen LogP contribution in [0, 0.1) is 0 Å². The molecule has 1 aromatic heterocycles. The summed E-state index contributed by atoms with van der Waals surface area (Å²) in [6, 6.07) is 13.5. The molecule has 0 radical (unpaired) electrons. The predicted octanol–water partition coefficient (Wildman–Crippen LogP) is 3.74. The molecule has 1 fully saturated rings. The molecule has 0 saturated carbocycles. The number of rotatable bonds is 11. The SMILES string of the molecule is CC(C)(C)c1ccc(CN(CCCN2CCN(CCCN)CC2)Cc2ccncc2)cc1. The van der Waals surface area contributed by atoms with Crippen molar-refractivity contribution in [3.8, 4) is 0 Å². The second-order valence-corrected chi connectivity index (χ2v) is 10.2. The van der Waals surface area contributed by atoms with E-state index in [1.54, 1.807) is 0 Å². The van der Waals surface area contributed by atoms with Gasteiger partial charge in [0, 0.05) is 58.2 Å². The van der Waals surface area contributed by atoms with E-state index in [0.29, 0.717) is 0 Å². The standard InChI is InChI=1S/C27H43N5/c1-27(2,3)26-8-6-24(7-9-26)22-32(23-25-10-13-29-14-11-25)17-5-16-31-20-18-30(19-21-31)15-4-12-28/h6-11,13-14H,4-5,12,15-23,28H2,1-3H3. The molecule has 2 aromatic rings. The van der Waals surface area contributed by atoms with Crippen molar-refractivity contribution in [2.24, 2.45) is 5.73 Å². The lowest BCUT2D eigenvalue weighted by atomic mass is 9.87. The Bertz CT molecular complexity index is 761. The van der Waals surface area contributed by atoms with Gasteiger partial charge in [-0.3, -0.25) is 9.88 Å². The smallest absolute Gasteiger partial charge is 0.0271 e. The lowest BCUT2D eigenvalue weighted by Crippen LogP contribution is -2.47. The Labute approximate surface area is 195 Å². The minimum atomic E-state index is 0.198. The number of nitrogens with zero attached hydrogens (tertiary/aromatic N) is 4. The Balaban J connectivity index is 1.52. The number of benzene rings is 1. The first-order chi connectivity index (χ1) is 15.4. The van der Waals surface area contributed by atoms with Crippen molar-refractivity contribution in [2.75, 3.05) is 52.4 Å². The molecule has 0 spiro atoms. The van der Waals surface area contributed by atoms with Gasteiger partial charge in [-0.05, 0) is 66.7 Å². The lowest BCUT2D eigenvalue weighted by Gasteiger charge is -2.35. The normalized spacial score (nSPS) is 16.0. The maximum Gasteiger partial charge on any atom is 0.0271 e. The Morgan fingerprint density at radius 2 is 1.34 bits per heavy atom. The van der Waals surface area contributed by atoms with Crippen molar-refractivity contribution < 1.29 is 0 Å². The second kappa shape index (κ2) is 12.4. The van der Waals surface area contributed by atoms with Crippen LogP contribution < -0.4 is 5.73 Å². The molecule has 2 N–H and O–H groups in total. The summed E-state index contributed by atoms with van der Waals surface area (Å²) in [4.78, 5) is 11.9. The monoisotopic (exact) mass is 437 g/mol. The molecule has 5 heteroatoms. The highest BCUT2D eigenvalue weighted by molar-refractivity contribution is 5.27. The second-order valence-electron chi connectivity index (χ2n) is 10.2. The fraction of sp³-hybridized carbons (Fsp3) is 0.593. The fourth-order valence-electron chi connectivity index (χ4n) is 4.40. The number of hydrogen-bond acceptors (Lipinski definition) is 5. The number of aromatic nitrogens is 1. The predicted molar refractivity (Wildman–Crippen MR) is 135 cm³/mol. The van der Waals surface area contributed by atoms with Gasteiger partial charge in [-0.15, -0.1) is 0 Å². The van der Waals surface area contributed by atoms with E-state index in [-0.39, 0.29) is 5.41 Å². The van der Waals surface area contributed by atoms with E-state index in [9.17, 15) is 0 Å². The van der Waals surface area contributed by atoms with Crippen molar-refractivity contribution in [1.82, 2.24) is 19.7 Å². The van der Waals surface area contributed by atoms with Crippen molar-refractivity contribution >= 4 is 0 Å². The molecule has 1 saturated heterocycles. The van der Waals surface area contributed by atoms with E-state index in [4.69, 9.17) is 5.73 Å². The van der Waals surface area contributed by atoms with E-state index < -0.39 is 0 Å². The minimum absolute atomic E-state index is 0.198. The largest absolute Gasteiger partial charge is 0.330 e. The first-order valence-corrected chi connectivity index (χ1v) is 12.3. The van der Waals surface area contributed by atoms with E-state index in [1.165, 1.54) is 55.8 Å². The van der Waals surface area contributed by atoms with Crippen LogP contribution in [0.2, 0.25) is 0 Å². The summed E-state index contributed by atoms with van der Waals surface area (Å²) in [5, 5.41) is 0. The molecule has 0 unspecified atom stereocenters. The van der Waals surface area contributed by atoms with E-state index in [0.717, 1.165) is 39.1 Å². The molecule has 1 aliphatic heterocycles. The third kappa shape index (κ3) is 8.28. The summed E-state index contributed by atoms with van der Waals surface area (Å²) in [5.74, 6) is 0. The summed E-state index contributed by atoms with van der Waals surface area (Å²) in [6.45, 7) is 17.7.